The standard InChI is InChI=1S/C11H15NO2/c1-7-11(8(2)14-12-7)9-3-5-10(13)6-4-9/h9H,3-6H2,1-2H3. The van der Waals surface area contributed by atoms with Crippen molar-refractivity contribution < 1.29 is 9.32 Å². The average Bonchev–Trinajstić information content (AvgIpc) is 2.49. The molecule has 0 saturated heterocycles. The number of Topliss-reactive ketones (excluding diaryl/α,β-unsaturated/α-hetero) is 1. The Labute approximate surface area is 83.5 Å². The van der Waals surface area contributed by atoms with Crippen molar-refractivity contribution in [1.29, 1.82) is 0 Å². The van der Waals surface area contributed by atoms with Crippen LogP contribution in [0.1, 0.15) is 48.6 Å². The van der Waals surface area contributed by atoms with Crippen molar-refractivity contribution in [3.8, 4) is 0 Å². The van der Waals surface area contributed by atoms with Gasteiger partial charge in [0.05, 0.1) is 5.69 Å². The summed E-state index contributed by atoms with van der Waals surface area (Å²) < 4.78 is 5.14. The Bertz CT molecular complexity index is 325. The van der Waals surface area contributed by atoms with Crippen LogP contribution in [-0.4, -0.2) is 10.9 Å². The largest absolute Gasteiger partial charge is 0.361 e. The molecule has 76 valence electrons. The van der Waals surface area contributed by atoms with Gasteiger partial charge in [-0.2, -0.15) is 0 Å². The molecule has 1 heterocycles. The normalized spacial score (nSPS) is 18.9. The highest BCUT2D eigenvalue weighted by Gasteiger charge is 2.25. The molecular formula is C11H15NO2. The maximum Gasteiger partial charge on any atom is 0.137 e. The van der Waals surface area contributed by atoms with E-state index in [2.05, 4.69) is 5.16 Å². The van der Waals surface area contributed by atoms with E-state index in [1.807, 2.05) is 13.8 Å². The molecule has 0 atom stereocenters. The summed E-state index contributed by atoms with van der Waals surface area (Å²) in [5.41, 5.74) is 2.22. The van der Waals surface area contributed by atoms with Gasteiger partial charge in [0.15, 0.2) is 0 Å². The fraction of sp³-hybridized carbons (Fsp3) is 0.636. The van der Waals surface area contributed by atoms with Crippen molar-refractivity contribution in [2.24, 2.45) is 0 Å². The second-order valence-electron chi connectivity index (χ2n) is 4.05. The number of hydrogen-bond acceptors (Lipinski definition) is 3. The van der Waals surface area contributed by atoms with Gasteiger partial charge in [-0.05, 0) is 32.6 Å². The average molecular weight is 193 g/mol. The molecule has 1 saturated carbocycles. The summed E-state index contributed by atoms with van der Waals surface area (Å²) in [6.07, 6.45) is 3.35. The molecule has 2 rings (SSSR count). The van der Waals surface area contributed by atoms with E-state index in [0.29, 0.717) is 24.5 Å². The highest BCUT2D eigenvalue weighted by atomic mass is 16.5. The Balaban J connectivity index is 2.19. The molecule has 3 heteroatoms. The quantitative estimate of drug-likeness (QED) is 0.688. The molecule has 0 aromatic carbocycles. The summed E-state index contributed by atoms with van der Waals surface area (Å²) in [6, 6.07) is 0. The molecule has 0 bridgehead atoms. The SMILES string of the molecule is Cc1noc(C)c1C1CCC(=O)CC1. The highest BCUT2D eigenvalue weighted by molar-refractivity contribution is 5.79. The highest BCUT2D eigenvalue weighted by Crippen LogP contribution is 2.34. The molecule has 0 N–H and O–H groups in total. The summed E-state index contributed by atoms with van der Waals surface area (Å²) >= 11 is 0. The predicted octanol–water partition coefficient (Wildman–Crippen LogP) is 2.52. The van der Waals surface area contributed by atoms with Crippen molar-refractivity contribution in [2.75, 3.05) is 0 Å². The van der Waals surface area contributed by atoms with Gasteiger partial charge in [-0.15, -0.1) is 0 Å². The van der Waals surface area contributed by atoms with Gasteiger partial charge in [0.2, 0.25) is 0 Å². The summed E-state index contributed by atoms with van der Waals surface area (Å²) in [4.78, 5) is 11.1. The molecule has 1 aliphatic rings. The Morgan fingerprint density at radius 2 is 1.93 bits per heavy atom. The fourth-order valence-corrected chi connectivity index (χ4v) is 2.30. The summed E-state index contributed by atoms with van der Waals surface area (Å²) in [6.45, 7) is 3.92. The first kappa shape index (κ1) is 9.44. The Morgan fingerprint density at radius 1 is 1.29 bits per heavy atom. The number of ketones is 1. The van der Waals surface area contributed by atoms with Gasteiger partial charge in [0.25, 0.3) is 0 Å². The van der Waals surface area contributed by atoms with Crippen molar-refractivity contribution in [1.82, 2.24) is 5.16 Å². The van der Waals surface area contributed by atoms with Crippen LogP contribution < -0.4 is 0 Å². The van der Waals surface area contributed by atoms with E-state index >= 15 is 0 Å². The van der Waals surface area contributed by atoms with Crippen molar-refractivity contribution in [3.63, 3.8) is 0 Å². The fourth-order valence-electron chi connectivity index (χ4n) is 2.30. The number of carbonyl (C=O) groups is 1. The second-order valence-corrected chi connectivity index (χ2v) is 4.05. The first-order chi connectivity index (χ1) is 6.68. The lowest BCUT2D eigenvalue weighted by molar-refractivity contribution is -0.120. The number of aryl methyl sites for hydroxylation is 2. The Morgan fingerprint density at radius 3 is 2.43 bits per heavy atom. The third-order valence-corrected chi connectivity index (χ3v) is 3.04. The van der Waals surface area contributed by atoms with E-state index in [-0.39, 0.29) is 0 Å². The maximum absolute atomic E-state index is 11.1. The minimum atomic E-state index is 0.396. The number of rotatable bonds is 1. The molecule has 0 radical (unpaired) electrons. The van der Waals surface area contributed by atoms with Crippen LogP contribution in [0.25, 0.3) is 0 Å². The number of hydrogen-bond donors (Lipinski definition) is 0. The summed E-state index contributed by atoms with van der Waals surface area (Å²) in [7, 11) is 0. The van der Waals surface area contributed by atoms with E-state index in [9.17, 15) is 4.79 Å². The van der Waals surface area contributed by atoms with E-state index in [0.717, 1.165) is 24.3 Å². The molecule has 0 spiro atoms. The third-order valence-electron chi connectivity index (χ3n) is 3.04. The van der Waals surface area contributed by atoms with E-state index < -0.39 is 0 Å². The molecular weight excluding hydrogens is 178 g/mol. The zero-order valence-corrected chi connectivity index (χ0v) is 8.67. The first-order valence-corrected chi connectivity index (χ1v) is 5.13. The Kier molecular flexibility index (Phi) is 2.40. The van der Waals surface area contributed by atoms with Crippen LogP contribution in [0.3, 0.4) is 0 Å². The van der Waals surface area contributed by atoms with Crippen LogP contribution >= 0.6 is 0 Å². The minimum Gasteiger partial charge on any atom is -0.361 e. The van der Waals surface area contributed by atoms with Gasteiger partial charge in [0, 0.05) is 18.4 Å². The molecule has 3 nitrogen and oxygen atoms in total. The molecule has 14 heavy (non-hydrogen) atoms. The van der Waals surface area contributed by atoms with E-state index in [1.54, 1.807) is 0 Å². The van der Waals surface area contributed by atoms with Crippen LogP contribution in [0.4, 0.5) is 0 Å². The van der Waals surface area contributed by atoms with Crippen LogP contribution in [0.15, 0.2) is 4.52 Å². The zero-order valence-electron chi connectivity index (χ0n) is 8.67. The molecule has 0 unspecified atom stereocenters. The summed E-state index contributed by atoms with van der Waals surface area (Å²) in [5.74, 6) is 1.80. The first-order valence-electron chi connectivity index (χ1n) is 5.13. The minimum absolute atomic E-state index is 0.396. The van der Waals surface area contributed by atoms with Crippen molar-refractivity contribution in [2.45, 2.75) is 45.4 Å². The predicted molar refractivity (Wildman–Crippen MR) is 52.2 cm³/mol. The Hall–Kier alpha value is -1.12. The van der Waals surface area contributed by atoms with Gasteiger partial charge < -0.3 is 4.52 Å². The van der Waals surface area contributed by atoms with Crippen LogP contribution in [0.2, 0.25) is 0 Å². The second kappa shape index (κ2) is 3.56. The van der Waals surface area contributed by atoms with Gasteiger partial charge in [0.1, 0.15) is 11.5 Å². The van der Waals surface area contributed by atoms with Crippen LogP contribution in [0.5, 0.6) is 0 Å². The van der Waals surface area contributed by atoms with E-state index in [1.165, 1.54) is 5.56 Å². The molecule has 0 aliphatic heterocycles. The van der Waals surface area contributed by atoms with Gasteiger partial charge in [-0.1, -0.05) is 5.16 Å². The maximum atomic E-state index is 11.1. The number of aromatic nitrogens is 1. The smallest absolute Gasteiger partial charge is 0.137 e. The molecule has 1 aromatic rings. The lowest BCUT2D eigenvalue weighted by atomic mass is 9.83. The lowest BCUT2D eigenvalue weighted by Crippen LogP contribution is -2.13. The topological polar surface area (TPSA) is 43.1 Å². The number of nitrogens with zero attached hydrogens (tertiary/aromatic N) is 1. The lowest BCUT2D eigenvalue weighted by Gasteiger charge is -2.20. The number of carbonyl (C=O) groups excluding carboxylic acids is 1. The molecule has 0 amide bonds. The molecule has 1 aromatic heterocycles. The monoisotopic (exact) mass is 193 g/mol. The van der Waals surface area contributed by atoms with Crippen molar-refractivity contribution in [3.05, 3.63) is 17.0 Å². The van der Waals surface area contributed by atoms with Crippen molar-refractivity contribution >= 4 is 5.78 Å². The van der Waals surface area contributed by atoms with Gasteiger partial charge in [-0.3, -0.25) is 4.79 Å². The van der Waals surface area contributed by atoms with Crippen LogP contribution in [0, 0.1) is 13.8 Å². The summed E-state index contributed by atoms with van der Waals surface area (Å²) in [5, 5.41) is 3.95. The van der Waals surface area contributed by atoms with Crippen LogP contribution in [-0.2, 0) is 4.79 Å². The molecule has 1 aliphatic carbocycles. The molecule has 1 fully saturated rings. The van der Waals surface area contributed by atoms with Gasteiger partial charge >= 0.3 is 0 Å². The van der Waals surface area contributed by atoms with E-state index in [4.69, 9.17) is 4.52 Å². The van der Waals surface area contributed by atoms with Gasteiger partial charge in [-0.25, -0.2) is 0 Å². The zero-order chi connectivity index (χ0) is 10.1. The third kappa shape index (κ3) is 1.59.